The number of carbonyl (C=O) groups is 1. The highest BCUT2D eigenvalue weighted by Crippen LogP contribution is 2.30. The van der Waals surface area contributed by atoms with E-state index >= 15 is 0 Å². The molecule has 0 fully saturated rings. The summed E-state index contributed by atoms with van der Waals surface area (Å²) in [5.41, 5.74) is 1.93. The molecule has 128 valence electrons. The first-order valence-electron chi connectivity index (χ1n) is 7.77. The number of nitrogens with zero attached hydrogens (tertiary/aromatic N) is 1. The number of phenols is 1. The van der Waals surface area contributed by atoms with Crippen LogP contribution in [0.2, 0.25) is 0 Å². The summed E-state index contributed by atoms with van der Waals surface area (Å²) in [7, 11) is 1.64. The second-order valence-corrected chi connectivity index (χ2v) is 6.46. The van der Waals surface area contributed by atoms with E-state index in [4.69, 9.17) is 4.74 Å². The van der Waals surface area contributed by atoms with Crippen LogP contribution in [0.5, 0.6) is 11.5 Å². The minimum Gasteiger partial charge on any atom is -0.508 e. The van der Waals surface area contributed by atoms with Crippen LogP contribution in [0.1, 0.15) is 17.2 Å². The van der Waals surface area contributed by atoms with E-state index in [-0.39, 0.29) is 17.7 Å². The van der Waals surface area contributed by atoms with Gasteiger partial charge in [0.2, 0.25) is 5.91 Å². The molecule has 1 unspecified atom stereocenters. The maximum absolute atomic E-state index is 12.0. The molecule has 0 bridgehead atoms. The van der Waals surface area contributed by atoms with Crippen LogP contribution in [0.25, 0.3) is 6.08 Å². The number of phenolic OH excluding ortho intramolecular Hbond substituents is 1. The Morgan fingerprint density at radius 1 is 1.24 bits per heavy atom. The van der Waals surface area contributed by atoms with E-state index in [0.717, 1.165) is 22.6 Å². The molecule has 0 saturated heterocycles. The van der Waals surface area contributed by atoms with Gasteiger partial charge in [0.25, 0.3) is 0 Å². The van der Waals surface area contributed by atoms with Crippen molar-refractivity contribution in [1.82, 2.24) is 5.32 Å². The first-order valence-corrected chi connectivity index (χ1v) is 8.75. The zero-order valence-electron chi connectivity index (χ0n) is 13.7. The monoisotopic (exact) mass is 354 g/mol. The first kappa shape index (κ1) is 17.1. The van der Waals surface area contributed by atoms with Crippen molar-refractivity contribution in [3.8, 4) is 11.5 Å². The Bertz CT molecular complexity index is 798. The summed E-state index contributed by atoms with van der Waals surface area (Å²) in [6.07, 6.45) is 3.14. The SMILES string of the molecule is COc1ccc(C2CSC(NC(=O)/C=C/c3ccc(O)cc3)=N2)cc1. The Labute approximate surface area is 150 Å². The summed E-state index contributed by atoms with van der Waals surface area (Å²) < 4.78 is 5.16. The molecular formula is C19H18N2O3S. The lowest BCUT2D eigenvalue weighted by Crippen LogP contribution is -2.25. The molecule has 1 aliphatic heterocycles. The van der Waals surface area contributed by atoms with Crippen molar-refractivity contribution < 1.29 is 14.6 Å². The van der Waals surface area contributed by atoms with Crippen molar-refractivity contribution in [2.45, 2.75) is 6.04 Å². The number of rotatable bonds is 4. The second-order valence-electron chi connectivity index (χ2n) is 5.45. The normalized spacial score (nSPS) is 16.7. The van der Waals surface area contributed by atoms with Crippen LogP contribution < -0.4 is 10.1 Å². The average Bonchev–Trinajstić information content (AvgIpc) is 3.10. The number of benzene rings is 2. The molecule has 2 aromatic carbocycles. The van der Waals surface area contributed by atoms with Gasteiger partial charge in [-0.2, -0.15) is 0 Å². The maximum Gasteiger partial charge on any atom is 0.249 e. The third-order valence-electron chi connectivity index (χ3n) is 3.70. The van der Waals surface area contributed by atoms with Gasteiger partial charge < -0.3 is 15.2 Å². The zero-order valence-corrected chi connectivity index (χ0v) is 14.5. The predicted octanol–water partition coefficient (Wildman–Crippen LogP) is 3.37. The van der Waals surface area contributed by atoms with Gasteiger partial charge in [0, 0.05) is 11.8 Å². The van der Waals surface area contributed by atoms with E-state index in [2.05, 4.69) is 10.3 Å². The van der Waals surface area contributed by atoms with Crippen molar-refractivity contribution in [2.75, 3.05) is 12.9 Å². The predicted molar refractivity (Wildman–Crippen MR) is 101 cm³/mol. The van der Waals surface area contributed by atoms with Crippen LogP contribution in [-0.2, 0) is 4.79 Å². The van der Waals surface area contributed by atoms with Crippen LogP contribution >= 0.6 is 11.8 Å². The van der Waals surface area contributed by atoms with E-state index < -0.39 is 0 Å². The lowest BCUT2D eigenvalue weighted by atomic mass is 10.1. The number of nitrogens with one attached hydrogen (secondary N) is 1. The lowest BCUT2D eigenvalue weighted by molar-refractivity contribution is -0.115. The number of hydrogen-bond acceptors (Lipinski definition) is 5. The Morgan fingerprint density at radius 3 is 2.64 bits per heavy atom. The summed E-state index contributed by atoms with van der Waals surface area (Å²) >= 11 is 1.53. The summed E-state index contributed by atoms with van der Waals surface area (Å²) in [5, 5.41) is 12.7. The Morgan fingerprint density at radius 2 is 1.96 bits per heavy atom. The third-order valence-corrected chi connectivity index (χ3v) is 4.67. The summed E-state index contributed by atoms with van der Waals surface area (Å²) in [4.78, 5) is 16.6. The summed E-state index contributed by atoms with van der Waals surface area (Å²) in [6, 6.07) is 14.5. The van der Waals surface area contributed by atoms with Crippen molar-refractivity contribution in [3.05, 3.63) is 65.7 Å². The molecule has 0 saturated carbocycles. The van der Waals surface area contributed by atoms with Gasteiger partial charge in [-0.15, -0.1) is 0 Å². The summed E-state index contributed by atoms with van der Waals surface area (Å²) in [5.74, 6) is 1.58. The largest absolute Gasteiger partial charge is 0.508 e. The van der Waals surface area contributed by atoms with Gasteiger partial charge in [-0.3, -0.25) is 9.79 Å². The minimum absolute atomic E-state index is 0.0345. The van der Waals surface area contributed by atoms with Gasteiger partial charge in [-0.05, 0) is 41.5 Å². The molecule has 5 nitrogen and oxygen atoms in total. The van der Waals surface area contributed by atoms with Crippen LogP contribution in [0.3, 0.4) is 0 Å². The zero-order chi connectivity index (χ0) is 17.6. The second kappa shape index (κ2) is 7.90. The molecule has 6 heteroatoms. The topological polar surface area (TPSA) is 70.9 Å². The summed E-state index contributed by atoms with van der Waals surface area (Å²) in [6.45, 7) is 0. The fraction of sp³-hybridized carbons (Fsp3) is 0.158. The maximum atomic E-state index is 12.0. The number of amides is 1. The van der Waals surface area contributed by atoms with Crippen LogP contribution in [-0.4, -0.2) is 29.0 Å². The quantitative estimate of drug-likeness (QED) is 0.826. The molecule has 0 aliphatic carbocycles. The number of carbonyl (C=O) groups excluding carboxylic acids is 1. The smallest absolute Gasteiger partial charge is 0.249 e. The van der Waals surface area contributed by atoms with Gasteiger partial charge in [-0.25, -0.2) is 0 Å². The van der Waals surface area contributed by atoms with Gasteiger partial charge in [-0.1, -0.05) is 36.0 Å². The van der Waals surface area contributed by atoms with E-state index in [1.807, 2.05) is 24.3 Å². The van der Waals surface area contributed by atoms with E-state index in [9.17, 15) is 9.90 Å². The van der Waals surface area contributed by atoms with Crippen molar-refractivity contribution in [2.24, 2.45) is 4.99 Å². The van der Waals surface area contributed by atoms with Crippen molar-refractivity contribution >= 4 is 28.9 Å². The van der Waals surface area contributed by atoms with Crippen molar-refractivity contribution in [1.29, 1.82) is 0 Å². The Balaban J connectivity index is 1.58. The number of methoxy groups -OCH3 is 1. The number of aliphatic imine (C=N–C) groups is 1. The number of aromatic hydroxyl groups is 1. The first-order chi connectivity index (χ1) is 12.1. The van der Waals surface area contributed by atoms with Crippen LogP contribution in [0.15, 0.2) is 59.6 Å². The molecule has 3 rings (SSSR count). The Kier molecular flexibility index (Phi) is 5.40. The number of hydrogen-bond donors (Lipinski definition) is 2. The molecule has 1 atom stereocenters. The molecule has 0 radical (unpaired) electrons. The fourth-order valence-corrected chi connectivity index (χ4v) is 3.30. The molecule has 1 aliphatic rings. The highest BCUT2D eigenvalue weighted by atomic mass is 32.2. The lowest BCUT2D eigenvalue weighted by Gasteiger charge is -2.06. The number of ether oxygens (including phenoxy) is 1. The molecule has 2 aromatic rings. The van der Waals surface area contributed by atoms with E-state index in [1.165, 1.54) is 17.8 Å². The standard InChI is InChI=1S/C19H18N2O3S/c1-24-16-9-5-14(6-10-16)17-12-25-19(20-17)21-18(23)11-4-13-2-7-15(22)8-3-13/h2-11,17,22H,12H2,1H3,(H,20,21,23)/b11-4+. The van der Waals surface area contributed by atoms with Crippen LogP contribution in [0, 0.1) is 0 Å². The molecule has 1 amide bonds. The van der Waals surface area contributed by atoms with Crippen molar-refractivity contribution in [3.63, 3.8) is 0 Å². The van der Waals surface area contributed by atoms with Gasteiger partial charge in [0.1, 0.15) is 11.5 Å². The molecule has 1 heterocycles. The molecule has 0 spiro atoms. The average molecular weight is 354 g/mol. The molecule has 2 N–H and O–H groups in total. The number of amidine groups is 1. The highest BCUT2D eigenvalue weighted by Gasteiger charge is 2.20. The Hall–Kier alpha value is -2.73. The highest BCUT2D eigenvalue weighted by molar-refractivity contribution is 8.14. The third kappa shape index (κ3) is 4.64. The fourth-order valence-electron chi connectivity index (χ4n) is 2.34. The molecular weight excluding hydrogens is 336 g/mol. The van der Waals surface area contributed by atoms with E-state index in [1.54, 1.807) is 37.5 Å². The molecule has 0 aromatic heterocycles. The number of thioether (sulfide) groups is 1. The molecule has 25 heavy (non-hydrogen) atoms. The minimum atomic E-state index is -0.227. The van der Waals surface area contributed by atoms with Gasteiger partial charge >= 0.3 is 0 Å². The van der Waals surface area contributed by atoms with Crippen LogP contribution in [0.4, 0.5) is 0 Å². The van der Waals surface area contributed by atoms with Gasteiger partial charge in [0.05, 0.1) is 13.2 Å². The van der Waals surface area contributed by atoms with Gasteiger partial charge in [0.15, 0.2) is 5.17 Å². The van der Waals surface area contributed by atoms with E-state index in [0.29, 0.717) is 5.17 Å².